The largest absolute Gasteiger partial charge is 0.348 e. The number of halogens is 1. The average molecular weight is 318 g/mol. The first-order chi connectivity index (χ1) is 10.6. The molecule has 0 radical (unpaired) electrons. The van der Waals surface area contributed by atoms with Crippen molar-refractivity contribution in [2.45, 2.75) is 12.6 Å². The number of hydrogen-bond donors (Lipinski definition) is 1. The summed E-state index contributed by atoms with van der Waals surface area (Å²) >= 11 is 5.95. The summed E-state index contributed by atoms with van der Waals surface area (Å²) in [7, 11) is 0. The maximum atomic E-state index is 12.1. The lowest BCUT2D eigenvalue weighted by molar-refractivity contribution is -0.133. The molecule has 114 valence electrons. The molecule has 0 unspecified atom stereocenters. The van der Waals surface area contributed by atoms with Crippen LogP contribution in [0.25, 0.3) is 10.9 Å². The number of amides is 2. The predicted molar refractivity (Wildman–Crippen MR) is 85.7 cm³/mol. The number of carbonyl (C=O) groups is 2. The summed E-state index contributed by atoms with van der Waals surface area (Å²) in [5, 5.41) is 4.61. The first kappa shape index (κ1) is 14.7. The van der Waals surface area contributed by atoms with Crippen LogP contribution in [0, 0.1) is 0 Å². The van der Waals surface area contributed by atoms with Crippen LogP contribution in [0.3, 0.4) is 0 Å². The topological polar surface area (TPSA) is 54.3 Å². The fourth-order valence-corrected chi connectivity index (χ4v) is 2.80. The van der Waals surface area contributed by atoms with Crippen LogP contribution in [0.4, 0.5) is 0 Å². The van der Waals surface area contributed by atoms with Gasteiger partial charge in [0.05, 0.1) is 6.04 Å². The van der Waals surface area contributed by atoms with Gasteiger partial charge in [-0.25, -0.2) is 0 Å². The molecule has 0 atom stereocenters. The smallest absolute Gasteiger partial charge is 0.246 e. The molecule has 2 heterocycles. The van der Waals surface area contributed by atoms with Gasteiger partial charge in [-0.2, -0.15) is 0 Å². The number of likely N-dealkylation sites (tertiary alicyclic amines) is 1. The molecule has 0 spiro atoms. The van der Waals surface area contributed by atoms with Gasteiger partial charge in [-0.1, -0.05) is 18.2 Å². The second-order valence-electron chi connectivity index (χ2n) is 5.36. The number of fused-ring (bicyclic) bond motifs is 1. The number of aromatic nitrogens is 1. The fraction of sp³-hybridized carbons (Fsp3) is 0.250. The molecule has 2 amide bonds. The van der Waals surface area contributed by atoms with Gasteiger partial charge < -0.3 is 14.8 Å². The van der Waals surface area contributed by atoms with Gasteiger partial charge in [0.2, 0.25) is 11.8 Å². The van der Waals surface area contributed by atoms with Crippen molar-refractivity contribution in [3.63, 3.8) is 0 Å². The molecule has 1 aromatic heterocycles. The van der Waals surface area contributed by atoms with Crippen molar-refractivity contribution in [3.05, 3.63) is 48.1 Å². The Morgan fingerprint density at radius 2 is 2.14 bits per heavy atom. The summed E-state index contributed by atoms with van der Waals surface area (Å²) in [6.07, 6.45) is 3.16. The van der Waals surface area contributed by atoms with Crippen LogP contribution in [0.5, 0.6) is 0 Å². The van der Waals surface area contributed by atoms with Gasteiger partial charge >= 0.3 is 0 Å². The van der Waals surface area contributed by atoms with E-state index in [0.717, 1.165) is 10.9 Å². The van der Waals surface area contributed by atoms with Crippen LogP contribution in [-0.4, -0.2) is 40.4 Å². The highest BCUT2D eigenvalue weighted by Gasteiger charge is 2.30. The Morgan fingerprint density at radius 1 is 1.36 bits per heavy atom. The molecule has 1 N–H and O–H groups in total. The number of nitrogens with zero attached hydrogens (tertiary/aromatic N) is 2. The van der Waals surface area contributed by atoms with E-state index < -0.39 is 0 Å². The van der Waals surface area contributed by atoms with E-state index in [9.17, 15) is 9.59 Å². The highest BCUT2D eigenvalue weighted by atomic mass is 35.5. The van der Waals surface area contributed by atoms with Crippen molar-refractivity contribution >= 4 is 34.3 Å². The van der Waals surface area contributed by atoms with E-state index in [-0.39, 0.29) is 24.4 Å². The van der Waals surface area contributed by atoms with Crippen LogP contribution < -0.4 is 5.32 Å². The number of benzene rings is 1. The van der Waals surface area contributed by atoms with Gasteiger partial charge in [0, 0.05) is 35.2 Å². The second-order valence-corrected chi connectivity index (χ2v) is 5.79. The molecule has 5 nitrogen and oxygen atoms in total. The maximum Gasteiger partial charge on any atom is 0.246 e. The third kappa shape index (κ3) is 2.85. The Morgan fingerprint density at radius 3 is 2.86 bits per heavy atom. The zero-order valence-electron chi connectivity index (χ0n) is 12.0. The second kappa shape index (κ2) is 5.85. The van der Waals surface area contributed by atoms with Crippen LogP contribution in [0.1, 0.15) is 0 Å². The van der Waals surface area contributed by atoms with Crippen molar-refractivity contribution in [1.29, 1.82) is 0 Å². The number of nitrogens with one attached hydrogen (secondary N) is 1. The number of carbonyl (C=O) groups excluding carboxylic acids is 2. The summed E-state index contributed by atoms with van der Waals surface area (Å²) in [5.41, 5.74) is 0.969. The molecule has 1 fully saturated rings. The lowest BCUT2D eigenvalue weighted by Gasteiger charge is -2.38. The van der Waals surface area contributed by atoms with Crippen LogP contribution in [0.2, 0.25) is 5.02 Å². The zero-order chi connectivity index (χ0) is 15.7. The molecule has 1 aliphatic heterocycles. The average Bonchev–Trinajstić information content (AvgIpc) is 2.83. The Bertz CT molecular complexity index is 747. The summed E-state index contributed by atoms with van der Waals surface area (Å²) in [6, 6.07) is 7.53. The van der Waals surface area contributed by atoms with E-state index in [1.807, 2.05) is 35.0 Å². The zero-order valence-corrected chi connectivity index (χ0v) is 12.7. The summed E-state index contributed by atoms with van der Waals surface area (Å²) in [4.78, 5) is 25.1. The third-order valence-electron chi connectivity index (χ3n) is 3.78. The Kier molecular flexibility index (Phi) is 3.90. The van der Waals surface area contributed by atoms with E-state index in [1.54, 1.807) is 4.90 Å². The molecular weight excluding hydrogens is 302 g/mol. The van der Waals surface area contributed by atoms with Gasteiger partial charge in [0.1, 0.15) is 6.54 Å². The van der Waals surface area contributed by atoms with Crippen molar-refractivity contribution in [1.82, 2.24) is 14.8 Å². The highest BCUT2D eigenvalue weighted by molar-refractivity contribution is 6.31. The summed E-state index contributed by atoms with van der Waals surface area (Å²) < 4.78 is 1.88. The van der Waals surface area contributed by atoms with E-state index in [0.29, 0.717) is 18.1 Å². The molecule has 22 heavy (non-hydrogen) atoms. The molecule has 2 aromatic rings. The van der Waals surface area contributed by atoms with Crippen molar-refractivity contribution in [2.75, 3.05) is 13.1 Å². The Labute approximate surface area is 133 Å². The van der Waals surface area contributed by atoms with Gasteiger partial charge in [-0.05, 0) is 30.3 Å². The van der Waals surface area contributed by atoms with E-state index in [4.69, 9.17) is 11.6 Å². The molecule has 6 heteroatoms. The lowest BCUT2D eigenvalue weighted by atomic mass is 10.1. The van der Waals surface area contributed by atoms with Crippen molar-refractivity contribution < 1.29 is 9.59 Å². The first-order valence-electron chi connectivity index (χ1n) is 7.02. The standard InChI is InChI=1S/C16H16ClN3O2/c1-2-16(22)20-8-13(9-20)18-15(21)10-19-6-5-11-7-12(17)3-4-14(11)19/h2-7,13H,1,8-10H2,(H,18,21). The fourth-order valence-electron chi connectivity index (χ4n) is 2.62. The lowest BCUT2D eigenvalue weighted by Crippen LogP contribution is -2.61. The SMILES string of the molecule is C=CC(=O)N1CC(NC(=O)Cn2ccc3cc(Cl)ccc32)C1. The highest BCUT2D eigenvalue weighted by Crippen LogP contribution is 2.20. The quantitative estimate of drug-likeness (QED) is 0.874. The molecule has 0 saturated carbocycles. The predicted octanol–water partition coefficient (Wildman–Crippen LogP) is 1.81. The molecule has 0 bridgehead atoms. The summed E-state index contributed by atoms with van der Waals surface area (Å²) in [5.74, 6) is -0.165. The van der Waals surface area contributed by atoms with E-state index >= 15 is 0 Å². The molecule has 1 aromatic carbocycles. The van der Waals surface area contributed by atoms with E-state index in [2.05, 4.69) is 11.9 Å². The van der Waals surface area contributed by atoms with E-state index in [1.165, 1.54) is 6.08 Å². The Balaban J connectivity index is 1.58. The number of hydrogen-bond acceptors (Lipinski definition) is 2. The van der Waals surface area contributed by atoms with Gasteiger partial charge in [-0.3, -0.25) is 9.59 Å². The summed E-state index contributed by atoms with van der Waals surface area (Å²) in [6.45, 7) is 4.77. The minimum atomic E-state index is -0.0984. The maximum absolute atomic E-state index is 12.1. The molecular formula is C16H16ClN3O2. The normalized spacial score (nSPS) is 14.7. The molecule has 1 saturated heterocycles. The van der Waals surface area contributed by atoms with Gasteiger partial charge in [0.15, 0.2) is 0 Å². The monoisotopic (exact) mass is 317 g/mol. The molecule has 3 rings (SSSR count). The third-order valence-corrected chi connectivity index (χ3v) is 4.02. The van der Waals surface area contributed by atoms with Crippen LogP contribution >= 0.6 is 11.6 Å². The van der Waals surface area contributed by atoms with Crippen LogP contribution in [-0.2, 0) is 16.1 Å². The van der Waals surface area contributed by atoms with Crippen LogP contribution in [0.15, 0.2) is 43.1 Å². The minimum Gasteiger partial charge on any atom is -0.348 e. The molecule has 0 aliphatic carbocycles. The van der Waals surface area contributed by atoms with Crippen molar-refractivity contribution in [3.8, 4) is 0 Å². The molecule has 1 aliphatic rings. The first-order valence-corrected chi connectivity index (χ1v) is 7.39. The Hall–Kier alpha value is -2.27. The van der Waals surface area contributed by atoms with Crippen molar-refractivity contribution in [2.24, 2.45) is 0 Å². The minimum absolute atomic E-state index is 0.0210. The van der Waals surface area contributed by atoms with Gasteiger partial charge in [-0.15, -0.1) is 0 Å². The number of rotatable bonds is 4. The van der Waals surface area contributed by atoms with Gasteiger partial charge in [0.25, 0.3) is 0 Å².